The number of piperazine rings is 1. The van der Waals surface area contributed by atoms with Crippen molar-refractivity contribution in [3.8, 4) is 0 Å². The van der Waals surface area contributed by atoms with Crippen molar-refractivity contribution in [2.24, 2.45) is 5.92 Å². The fraction of sp³-hybridized carbons (Fsp3) is 0.909. The highest BCUT2D eigenvalue weighted by molar-refractivity contribution is 5.78. The van der Waals surface area contributed by atoms with Gasteiger partial charge in [-0.1, -0.05) is 13.8 Å². The summed E-state index contributed by atoms with van der Waals surface area (Å²) in [6.45, 7) is 7.86. The van der Waals surface area contributed by atoms with E-state index in [2.05, 4.69) is 18.7 Å². The predicted molar refractivity (Wildman–Crippen MR) is 59.5 cm³/mol. The van der Waals surface area contributed by atoms with Crippen molar-refractivity contribution in [2.45, 2.75) is 32.9 Å². The van der Waals surface area contributed by atoms with E-state index >= 15 is 0 Å². The zero-order valence-electron chi connectivity index (χ0n) is 10.1. The molecule has 1 aliphatic heterocycles. The molecule has 0 aromatic heterocycles. The van der Waals surface area contributed by atoms with Crippen molar-refractivity contribution in [3.05, 3.63) is 0 Å². The maximum Gasteiger partial charge on any atom is 0.236 e. The number of likely N-dealkylation sites (N-methyl/N-ethyl adjacent to an activating group) is 1. The van der Waals surface area contributed by atoms with Gasteiger partial charge in [-0.05, 0) is 12.8 Å². The minimum absolute atomic E-state index is 0.146. The lowest BCUT2D eigenvalue weighted by atomic mass is 9.99. The Morgan fingerprint density at radius 1 is 1.47 bits per heavy atom. The second-order valence-corrected chi connectivity index (χ2v) is 4.86. The molecule has 0 spiro atoms. The molecule has 88 valence electrons. The Balaban J connectivity index is 2.68. The SMILES string of the molecule is CC(O)CN1CC(=O)N(C)CC1C(C)C. The lowest BCUT2D eigenvalue weighted by Crippen LogP contribution is -2.57. The van der Waals surface area contributed by atoms with Crippen LogP contribution >= 0.6 is 0 Å². The van der Waals surface area contributed by atoms with E-state index in [1.54, 1.807) is 11.8 Å². The summed E-state index contributed by atoms with van der Waals surface area (Å²) < 4.78 is 0. The van der Waals surface area contributed by atoms with Crippen molar-refractivity contribution >= 4 is 5.91 Å². The molecule has 1 heterocycles. The third-order valence-corrected chi connectivity index (χ3v) is 2.96. The molecule has 1 fully saturated rings. The van der Waals surface area contributed by atoms with E-state index in [0.29, 0.717) is 25.0 Å². The summed E-state index contributed by atoms with van der Waals surface area (Å²) in [4.78, 5) is 15.4. The second-order valence-electron chi connectivity index (χ2n) is 4.86. The van der Waals surface area contributed by atoms with Crippen LogP contribution in [0.25, 0.3) is 0 Å². The zero-order chi connectivity index (χ0) is 11.6. The quantitative estimate of drug-likeness (QED) is 0.728. The fourth-order valence-corrected chi connectivity index (χ4v) is 2.08. The van der Waals surface area contributed by atoms with Gasteiger partial charge in [0.15, 0.2) is 0 Å². The van der Waals surface area contributed by atoms with Crippen LogP contribution in [0.1, 0.15) is 20.8 Å². The molecular weight excluding hydrogens is 192 g/mol. The summed E-state index contributed by atoms with van der Waals surface area (Å²) >= 11 is 0. The molecule has 15 heavy (non-hydrogen) atoms. The predicted octanol–water partition coefficient (Wildman–Crippen LogP) is 0.166. The fourth-order valence-electron chi connectivity index (χ4n) is 2.08. The van der Waals surface area contributed by atoms with Gasteiger partial charge in [0.1, 0.15) is 0 Å². The van der Waals surface area contributed by atoms with E-state index in [4.69, 9.17) is 0 Å². The van der Waals surface area contributed by atoms with Gasteiger partial charge >= 0.3 is 0 Å². The molecule has 1 aliphatic rings. The molecule has 0 aromatic rings. The van der Waals surface area contributed by atoms with E-state index in [0.717, 1.165) is 6.54 Å². The smallest absolute Gasteiger partial charge is 0.236 e. The summed E-state index contributed by atoms with van der Waals surface area (Å²) in [7, 11) is 1.84. The summed E-state index contributed by atoms with van der Waals surface area (Å²) in [6, 6.07) is 0.363. The number of hydrogen-bond donors (Lipinski definition) is 1. The lowest BCUT2D eigenvalue weighted by Gasteiger charge is -2.42. The van der Waals surface area contributed by atoms with Crippen LogP contribution < -0.4 is 0 Å². The maximum atomic E-state index is 11.6. The molecule has 1 saturated heterocycles. The van der Waals surface area contributed by atoms with Gasteiger partial charge < -0.3 is 10.0 Å². The average molecular weight is 214 g/mol. The lowest BCUT2D eigenvalue weighted by molar-refractivity contribution is -0.138. The number of nitrogens with zero attached hydrogens (tertiary/aromatic N) is 2. The molecule has 1 amide bonds. The molecule has 0 bridgehead atoms. The van der Waals surface area contributed by atoms with E-state index < -0.39 is 0 Å². The van der Waals surface area contributed by atoms with Gasteiger partial charge in [-0.25, -0.2) is 0 Å². The first-order valence-electron chi connectivity index (χ1n) is 5.58. The third-order valence-electron chi connectivity index (χ3n) is 2.96. The van der Waals surface area contributed by atoms with E-state index in [-0.39, 0.29) is 12.0 Å². The van der Waals surface area contributed by atoms with Crippen LogP contribution in [0.15, 0.2) is 0 Å². The number of β-amino-alcohol motifs (C(OH)–C–C–N with tert-alkyl or cyclic N) is 1. The summed E-state index contributed by atoms with van der Waals surface area (Å²) in [5.41, 5.74) is 0. The third kappa shape index (κ3) is 3.18. The standard InChI is InChI=1S/C11H22N2O2/c1-8(2)10-6-12(4)11(15)7-13(10)5-9(3)14/h8-10,14H,5-7H2,1-4H3. The summed E-state index contributed by atoms with van der Waals surface area (Å²) in [6.07, 6.45) is -0.373. The molecule has 0 aliphatic carbocycles. The van der Waals surface area contributed by atoms with Gasteiger partial charge in [0.25, 0.3) is 0 Å². The number of rotatable bonds is 3. The number of carbonyl (C=O) groups is 1. The minimum Gasteiger partial charge on any atom is -0.392 e. The van der Waals surface area contributed by atoms with Gasteiger partial charge in [0.2, 0.25) is 5.91 Å². The molecule has 2 atom stereocenters. The molecule has 0 saturated carbocycles. The van der Waals surface area contributed by atoms with Crippen molar-refractivity contribution in [1.82, 2.24) is 9.80 Å². The topological polar surface area (TPSA) is 43.8 Å². The molecule has 1 rings (SSSR count). The first kappa shape index (κ1) is 12.5. The van der Waals surface area contributed by atoms with E-state index in [1.807, 2.05) is 7.05 Å². The zero-order valence-corrected chi connectivity index (χ0v) is 10.1. The second kappa shape index (κ2) is 4.94. The molecule has 4 nitrogen and oxygen atoms in total. The Kier molecular flexibility index (Phi) is 4.11. The Morgan fingerprint density at radius 2 is 2.07 bits per heavy atom. The average Bonchev–Trinajstić information content (AvgIpc) is 2.09. The Hall–Kier alpha value is -0.610. The number of aliphatic hydroxyl groups is 1. The van der Waals surface area contributed by atoms with Crippen LogP contribution in [-0.4, -0.2) is 59.6 Å². The molecule has 2 unspecified atom stereocenters. The van der Waals surface area contributed by atoms with E-state index in [1.165, 1.54) is 0 Å². The summed E-state index contributed by atoms with van der Waals surface area (Å²) in [5.74, 6) is 0.645. The molecule has 0 radical (unpaired) electrons. The number of hydrogen-bond acceptors (Lipinski definition) is 3. The first-order valence-corrected chi connectivity index (χ1v) is 5.58. The van der Waals surface area contributed by atoms with Crippen molar-refractivity contribution in [3.63, 3.8) is 0 Å². The van der Waals surface area contributed by atoms with Crippen LogP contribution in [0.4, 0.5) is 0 Å². The molecule has 0 aromatic carbocycles. The summed E-state index contributed by atoms with van der Waals surface area (Å²) in [5, 5.41) is 9.39. The van der Waals surface area contributed by atoms with E-state index in [9.17, 15) is 9.90 Å². The Bertz CT molecular complexity index is 229. The molecule has 1 N–H and O–H groups in total. The highest BCUT2D eigenvalue weighted by atomic mass is 16.3. The van der Waals surface area contributed by atoms with Crippen molar-refractivity contribution < 1.29 is 9.90 Å². The van der Waals surface area contributed by atoms with Crippen LogP contribution in [0.5, 0.6) is 0 Å². The monoisotopic (exact) mass is 214 g/mol. The van der Waals surface area contributed by atoms with Crippen molar-refractivity contribution in [2.75, 3.05) is 26.7 Å². The van der Waals surface area contributed by atoms with Gasteiger partial charge in [-0.15, -0.1) is 0 Å². The van der Waals surface area contributed by atoms with Crippen LogP contribution in [-0.2, 0) is 4.79 Å². The normalized spacial score (nSPS) is 26.1. The molecule has 4 heteroatoms. The first-order chi connectivity index (χ1) is 6.91. The highest BCUT2D eigenvalue weighted by Gasteiger charge is 2.32. The van der Waals surface area contributed by atoms with Crippen molar-refractivity contribution in [1.29, 1.82) is 0 Å². The van der Waals surface area contributed by atoms with Crippen LogP contribution in [0.2, 0.25) is 0 Å². The highest BCUT2D eigenvalue weighted by Crippen LogP contribution is 2.17. The van der Waals surface area contributed by atoms with Gasteiger partial charge in [0, 0.05) is 26.2 Å². The number of amides is 1. The van der Waals surface area contributed by atoms with Crippen LogP contribution in [0.3, 0.4) is 0 Å². The van der Waals surface area contributed by atoms with Crippen LogP contribution in [0, 0.1) is 5.92 Å². The Morgan fingerprint density at radius 3 is 2.53 bits per heavy atom. The van der Waals surface area contributed by atoms with Gasteiger partial charge in [-0.2, -0.15) is 0 Å². The van der Waals surface area contributed by atoms with Gasteiger partial charge in [0.05, 0.1) is 12.6 Å². The molecular formula is C11H22N2O2. The Labute approximate surface area is 91.9 Å². The minimum atomic E-state index is -0.373. The van der Waals surface area contributed by atoms with Gasteiger partial charge in [-0.3, -0.25) is 9.69 Å². The largest absolute Gasteiger partial charge is 0.392 e. The maximum absolute atomic E-state index is 11.6. The number of aliphatic hydroxyl groups excluding tert-OH is 1. The number of carbonyl (C=O) groups excluding carboxylic acids is 1.